The standard InChI is InChI=1S/C17H26N6O/c1-12(8-16-13(2)20-21(4)14(16)3)17(24)22-7-5-6-15(9-22)23-11-18-10-19-23/h10-12,15H,5-9H2,1-4H3/t12-,15-/m0/s1. The highest BCUT2D eigenvalue weighted by Gasteiger charge is 2.28. The first kappa shape index (κ1) is 16.7. The molecule has 0 aliphatic carbocycles. The number of aromatic nitrogens is 5. The van der Waals surface area contributed by atoms with E-state index in [-0.39, 0.29) is 17.9 Å². The van der Waals surface area contributed by atoms with E-state index >= 15 is 0 Å². The molecule has 0 bridgehead atoms. The minimum absolute atomic E-state index is 0.0407. The third kappa shape index (κ3) is 3.20. The first-order valence-corrected chi connectivity index (χ1v) is 8.59. The molecule has 2 atom stereocenters. The number of hydrogen-bond acceptors (Lipinski definition) is 4. The molecule has 2 aromatic heterocycles. The maximum Gasteiger partial charge on any atom is 0.225 e. The van der Waals surface area contributed by atoms with Crippen molar-refractivity contribution < 1.29 is 4.79 Å². The number of aryl methyl sites for hydroxylation is 2. The van der Waals surface area contributed by atoms with Crippen LogP contribution in [0.25, 0.3) is 0 Å². The zero-order valence-corrected chi connectivity index (χ0v) is 14.9. The van der Waals surface area contributed by atoms with E-state index in [1.165, 1.54) is 5.56 Å². The van der Waals surface area contributed by atoms with Crippen LogP contribution < -0.4 is 0 Å². The van der Waals surface area contributed by atoms with E-state index < -0.39 is 0 Å². The Balaban J connectivity index is 1.66. The lowest BCUT2D eigenvalue weighted by Gasteiger charge is -2.34. The van der Waals surface area contributed by atoms with Gasteiger partial charge in [0.05, 0.1) is 11.7 Å². The van der Waals surface area contributed by atoms with Gasteiger partial charge < -0.3 is 4.90 Å². The Hall–Kier alpha value is -2.18. The van der Waals surface area contributed by atoms with Crippen molar-refractivity contribution in [3.8, 4) is 0 Å². The van der Waals surface area contributed by atoms with Gasteiger partial charge in [-0.1, -0.05) is 6.92 Å². The Morgan fingerprint density at radius 1 is 1.42 bits per heavy atom. The van der Waals surface area contributed by atoms with E-state index in [4.69, 9.17) is 0 Å². The fraction of sp³-hybridized carbons (Fsp3) is 0.647. The highest BCUT2D eigenvalue weighted by Crippen LogP contribution is 2.24. The quantitative estimate of drug-likeness (QED) is 0.855. The highest BCUT2D eigenvalue weighted by atomic mass is 16.2. The monoisotopic (exact) mass is 330 g/mol. The van der Waals surface area contributed by atoms with E-state index in [0.29, 0.717) is 0 Å². The average molecular weight is 330 g/mol. The van der Waals surface area contributed by atoms with Crippen LogP contribution in [0.4, 0.5) is 0 Å². The number of carbonyl (C=O) groups excluding carboxylic acids is 1. The van der Waals surface area contributed by atoms with Crippen LogP contribution in [0.15, 0.2) is 12.7 Å². The zero-order valence-electron chi connectivity index (χ0n) is 14.9. The maximum atomic E-state index is 12.9. The summed E-state index contributed by atoms with van der Waals surface area (Å²) in [5.41, 5.74) is 3.36. The number of nitrogens with zero attached hydrogens (tertiary/aromatic N) is 6. The SMILES string of the molecule is Cc1nn(C)c(C)c1C[C@H](C)C(=O)N1CCC[C@H](n2cncn2)C1. The molecular weight excluding hydrogens is 304 g/mol. The molecule has 1 fully saturated rings. The summed E-state index contributed by atoms with van der Waals surface area (Å²) in [5.74, 6) is 0.184. The summed E-state index contributed by atoms with van der Waals surface area (Å²) in [6.45, 7) is 7.65. The van der Waals surface area contributed by atoms with Gasteiger partial charge in [0.15, 0.2) is 0 Å². The van der Waals surface area contributed by atoms with Crippen LogP contribution >= 0.6 is 0 Å². The normalized spacial score (nSPS) is 19.5. The maximum absolute atomic E-state index is 12.9. The van der Waals surface area contributed by atoms with Crippen LogP contribution in [0, 0.1) is 19.8 Å². The zero-order chi connectivity index (χ0) is 17.3. The van der Waals surface area contributed by atoms with Crippen molar-refractivity contribution in [3.63, 3.8) is 0 Å². The van der Waals surface area contributed by atoms with Gasteiger partial charge in [-0.2, -0.15) is 10.2 Å². The van der Waals surface area contributed by atoms with E-state index in [1.54, 1.807) is 12.7 Å². The second-order valence-corrected chi connectivity index (χ2v) is 6.83. The number of hydrogen-bond donors (Lipinski definition) is 0. The van der Waals surface area contributed by atoms with E-state index in [2.05, 4.69) is 22.1 Å². The lowest BCUT2D eigenvalue weighted by atomic mass is 9.96. The predicted octanol–water partition coefficient (Wildman–Crippen LogP) is 1.67. The number of piperidine rings is 1. The highest BCUT2D eigenvalue weighted by molar-refractivity contribution is 5.79. The second-order valence-electron chi connectivity index (χ2n) is 6.83. The molecule has 1 aliphatic heterocycles. The number of likely N-dealkylation sites (tertiary alicyclic amines) is 1. The third-order valence-corrected chi connectivity index (χ3v) is 5.11. The van der Waals surface area contributed by atoms with Gasteiger partial charge in [0, 0.05) is 31.7 Å². The Kier molecular flexibility index (Phi) is 4.69. The van der Waals surface area contributed by atoms with Crippen LogP contribution in [0.3, 0.4) is 0 Å². The Bertz CT molecular complexity index is 705. The number of amides is 1. The molecule has 0 N–H and O–H groups in total. The Morgan fingerprint density at radius 2 is 2.21 bits per heavy atom. The Morgan fingerprint density at radius 3 is 2.83 bits per heavy atom. The molecule has 0 spiro atoms. The lowest BCUT2D eigenvalue weighted by Crippen LogP contribution is -2.43. The summed E-state index contributed by atoms with van der Waals surface area (Å²) in [7, 11) is 1.95. The molecule has 7 nitrogen and oxygen atoms in total. The fourth-order valence-corrected chi connectivity index (χ4v) is 3.59. The van der Waals surface area contributed by atoms with Crippen molar-refractivity contribution in [1.29, 1.82) is 0 Å². The molecule has 24 heavy (non-hydrogen) atoms. The molecule has 1 saturated heterocycles. The van der Waals surface area contributed by atoms with Crippen molar-refractivity contribution in [2.24, 2.45) is 13.0 Å². The van der Waals surface area contributed by atoms with Crippen LogP contribution in [-0.2, 0) is 18.3 Å². The smallest absolute Gasteiger partial charge is 0.225 e. The molecule has 2 aromatic rings. The molecular formula is C17H26N6O. The largest absolute Gasteiger partial charge is 0.340 e. The molecule has 7 heteroatoms. The van der Waals surface area contributed by atoms with Gasteiger partial charge >= 0.3 is 0 Å². The van der Waals surface area contributed by atoms with Gasteiger partial charge in [0.2, 0.25) is 5.91 Å². The molecule has 0 unspecified atom stereocenters. The van der Waals surface area contributed by atoms with Gasteiger partial charge in [-0.15, -0.1) is 0 Å². The van der Waals surface area contributed by atoms with Crippen molar-refractivity contribution in [2.45, 2.75) is 46.1 Å². The molecule has 0 radical (unpaired) electrons. The first-order valence-electron chi connectivity index (χ1n) is 8.59. The van der Waals surface area contributed by atoms with Crippen molar-refractivity contribution in [3.05, 3.63) is 29.6 Å². The minimum Gasteiger partial charge on any atom is -0.340 e. The third-order valence-electron chi connectivity index (χ3n) is 5.11. The second kappa shape index (κ2) is 6.75. The van der Waals surface area contributed by atoms with Gasteiger partial charge in [0.25, 0.3) is 0 Å². The molecule has 3 rings (SSSR count). The predicted molar refractivity (Wildman–Crippen MR) is 90.4 cm³/mol. The van der Waals surface area contributed by atoms with Gasteiger partial charge in [-0.25, -0.2) is 9.67 Å². The summed E-state index contributed by atoms with van der Waals surface area (Å²) in [6.07, 6.45) is 6.09. The first-order chi connectivity index (χ1) is 11.5. The van der Waals surface area contributed by atoms with Crippen LogP contribution in [0.2, 0.25) is 0 Å². The van der Waals surface area contributed by atoms with Crippen molar-refractivity contribution in [1.82, 2.24) is 29.4 Å². The van der Waals surface area contributed by atoms with Gasteiger partial charge in [-0.05, 0) is 38.7 Å². The van der Waals surface area contributed by atoms with E-state index in [1.807, 2.05) is 35.2 Å². The number of carbonyl (C=O) groups is 1. The summed E-state index contributed by atoms with van der Waals surface area (Å²) in [4.78, 5) is 18.9. The van der Waals surface area contributed by atoms with Crippen molar-refractivity contribution in [2.75, 3.05) is 13.1 Å². The van der Waals surface area contributed by atoms with Gasteiger partial charge in [0.1, 0.15) is 12.7 Å². The number of rotatable bonds is 4. The average Bonchev–Trinajstić information content (AvgIpc) is 3.19. The van der Waals surface area contributed by atoms with E-state index in [9.17, 15) is 4.79 Å². The molecule has 0 saturated carbocycles. The van der Waals surface area contributed by atoms with Gasteiger partial charge in [-0.3, -0.25) is 9.48 Å². The minimum atomic E-state index is -0.0407. The summed E-state index contributed by atoms with van der Waals surface area (Å²) >= 11 is 0. The summed E-state index contributed by atoms with van der Waals surface area (Å²) in [6, 6.07) is 0.235. The van der Waals surface area contributed by atoms with Crippen LogP contribution in [0.5, 0.6) is 0 Å². The van der Waals surface area contributed by atoms with E-state index in [0.717, 1.165) is 43.7 Å². The van der Waals surface area contributed by atoms with Crippen LogP contribution in [0.1, 0.15) is 42.8 Å². The van der Waals surface area contributed by atoms with Crippen molar-refractivity contribution >= 4 is 5.91 Å². The topological polar surface area (TPSA) is 68.8 Å². The van der Waals surface area contributed by atoms with Crippen LogP contribution in [-0.4, -0.2) is 48.4 Å². The molecule has 130 valence electrons. The molecule has 0 aromatic carbocycles. The molecule has 1 amide bonds. The fourth-order valence-electron chi connectivity index (χ4n) is 3.59. The molecule has 3 heterocycles. The Labute approximate surface area is 142 Å². The molecule has 1 aliphatic rings. The summed E-state index contributed by atoms with van der Waals surface area (Å²) in [5, 5.41) is 8.68. The lowest BCUT2D eigenvalue weighted by molar-refractivity contribution is -0.136. The summed E-state index contributed by atoms with van der Waals surface area (Å²) < 4.78 is 3.77.